The lowest BCUT2D eigenvalue weighted by molar-refractivity contribution is -0.0791. The average molecular weight is 383 g/mol. The summed E-state index contributed by atoms with van der Waals surface area (Å²) in [5, 5.41) is 0. The number of aryl methyl sites for hydroxylation is 2. The average Bonchev–Trinajstić information content (AvgIpc) is 2.65. The summed E-state index contributed by atoms with van der Waals surface area (Å²) in [4.78, 5) is 11.9. The van der Waals surface area contributed by atoms with Crippen LogP contribution in [0.25, 0.3) is 0 Å². The predicted molar refractivity (Wildman–Crippen MR) is 113 cm³/mol. The number of nitrogens with zero attached hydrogens (tertiary/aromatic N) is 3. The van der Waals surface area contributed by atoms with Crippen molar-refractivity contribution >= 4 is 0 Å². The molecule has 28 heavy (non-hydrogen) atoms. The molecule has 2 N–H and O–H groups in total. The number of methoxy groups -OCH3 is 1. The molecule has 5 heteroatoms. The molecule has 2 heterocycles. The Morgan fingerprint density at radius 1 is 1.14 bits per heavy atom. The lowest BCUT2D eigenvalue weighted by atomic mass is 9.74. The second-order valence-electron chi connectivity index (χ2n) is 8.03. The molecule has 0 radical (unpaired) electrons. The first-order chi connectivity index (χ1) is 13.6. The molecule has 3 rings (SSSR count). The zero-order valence-corrected chi connectivity index (χ0v) is 17.6. The number of ether oxygens (including phenoxy) is 1. The lowest BCUT2D eigenvalue weighted by Crippen LogP contribution is -2.38. The van der Waals surface area contributed by atoms with E-state index < -0.39 is 0 Å². The van der Waals surface area contributed by atoms with E-state index in [1.54, 1.807) is 0 Å². The lowest BCUT2D eigenvalue weighted by Gasteiger charge is -2.42. The number of rotatable bonds is 10. The fraction of sp³-hybridized carbons (Fsp3) is 0.565. The predicted octanol–water partition coefficient (Wildman–Crippen LogP) is 3.86. The zero-order valence-electron chi connectivity index (χ0n) is 17.6. The van der Waals surface area contributed by atoms with Crippen LogP contribution in [0.3, 0.4) is 0 Å². The van der Waals surface area contributed by atoms with Crippen LogP contribution in [0.4, 0.5) is 0 Å². The molecule has 2 aromatic heterocycles. The Labute approximate surface area is 169 Å². The Morgan fingerprint density at radius 2 is 1.93 bits per heavy atom. The molecule has 1 fully saturated rings. The third kappa shape index (κ3) is 4.77. The Bertz CT molecular complexity index is 767. The van der Waals surface area contributed by atoms with Gasteiger partial charge < -0.3 is 10.5 Å². The maximum Gasteiger partial charge on any atom is 0.0945 e. The van der Waals surface area contributed by atoms with Gasteiger partial charge in [0.15, 0.2) is 0 Å². The quantitative estimate of drug-likeness (QED) is 0.632. The van der Waals surface area contributed by atoms with Crippen molar-refractivity contribution in [1.29, 1.82) is 0 Å². The first kappa shape index (κ1) is 20.9. The first-order valence-corrected chi connectivity index (χ1v) is 10.4. The van der Waals surface area contributed by atoms with Crippen LogP contribution in [-0.2, 0) is 23.4 Å². The van der Waals surface area contributed by atoms with E-state index in [2.05, 4.69) is 30.9 Å². The molecule has 0 saturated heterocycles. The van der Waals surface area contributed by atoms with Gasteiger partial charge in [0.05, 0.1) is 17.0 Å². The maximum atomic E-state index is 5.94. The van der Waals surface area contributed by atoms with Crippen molar-refractivity contribution in [1.82, 2.24) is 14.9 Å². The minimum atomic E-state index is -0.148. The van der Waals surface area contributed by atoms with Crippen LogP contribution in [0.5, 0.6) is 0 Å². The van der Waals surface area contributed by atoms with Gasteiger partial charge in [-0.1, -0.05) is 12.1 Å². The van der Waals surface area contributed by atoms with Gasteiger partial charge in [-0.2, -0.15) is 0 Å². The summed E-state index contributed by atoms with van der Waals surface area (Å²) in [5.74, 6) is 0. The second kappa shape index (κ2) is 9.59. The normalized spacial score (nSPS) is 15.6. The van der Waals surface area contributed by atoms with E-state index in [0.717, 1.165) is 63.3 Å². The fourth-order valence-corrected chi connectivity index (χ4v) is 4.09. The van der Waals surface area contributed by atoms with Gasteiger partial charge in [0.2, 0.25) is 0 Å². The third-order valence-electron chi connectivity index (χ3n) is 5.93. The highest BCUT2D eigenvalue weighted by Gasteiger charge is 2.40. The van der Waals surface area contributed by atoms with Gasteiger partial charge in [0.25, 0.3) is 0 Å². The zero-order chi connectivity index (χ0) is 20.0. The number of pyridine rings is 2. The molecule has 2 aromatic rings. The molecule has 0 aromatic carbocycles. The largest absolute Gasteiger partial charge is 0.373 e. The highest BCUT2D eigenvalue weighted by atomic mass is 16.5. The Hall–Kier alpha value is -1.82. The van der Waals surface area contributed by atoms with Gasteiger partial charge >= 0.3 is 0 Å². The van der Waals surface area contributed by atoms with Crippen LogP contribution in [-0.4, -0.2) is 35.1 Å². The van der Waals surface area contributed by atoms with Crippen molar-refractivity contribution in [2.24, 2.45) is 5.73 Å². The third-order valence-corrected chi connectivity index (χ3v) is 5.93. The molecular weight excluding hydrogens is 348 g/mol. The Kier molecular flexibility index (Phi) is 7.16. The topological polar surface area (TPSA) is 64.3 Å². The second-order valence-corrected chi connectivity index (χ2v) is 8.03. The minimum Gasteiger partial charge on any atom is -0.373 e. The van der Waals surface area contributed by atoms with Gasteiger partial charge in [-0.05, 0) is 76.2 Å². The molecule has 152 valence electrons. The van der Waals surface area contributed by atoms with Crippen LogP contribution < -0.4 is 5.73 Å². The molecule has 1 aliphatic rings. The Morgan fingerprint density at radius 3 is 2.57 bits per heavy atom. The van der Waals surface area contributed by atoms with Crippen molar-refractivity contribution in [2.75, 3.05) is 20.2 Å². The first-order valence-electron chi connectivity index (χ1n) is 10.4. The number of nitrogens with two attached hydrogens (primary N) is 1. The number of hydrogen-bond donors (Lipinski definition) is 1. The molecule has 1 aliphatic carbocycles. The van der Waals surface area contributed by atoms with E-state index in [1.807, 2.05) is 25.6 Å². The van der Waals surface area contributed by atoms with Gasteiger partial charge in [-0.3, -0.25) is 14.9 Å². The summed E-state index contributed by atoms with van der Waals surface area (Å²) in [6, 6.07) is 6.43. The SMILES string of the molecule is COC1(c2cccnc2CN(CCCCN)Cc2ncc(C)cc2C)CCC1. The van der Waals surface area contributed by atoms with E-state index in [9.17, 15) is 0 Å². The number of aromatic nitrogens is 2. The summed E-state index contributed by atoms with van der Waals surface area (Å²) in [7, 11) is 1.83. The summed E-state index contributed by atoms with van der Waals surface area (Å²) in [5.41, 5.74) is 11.5. The van der Waals surface area contributed by atoms with Crippen molar-refractivity contribution in [3.05, 3.63) is 58.7 Å². The van der Waals surface area contributed by atoms with E-state index in [4.69, 9.17) is 20.4 Å². The van der Waals surface area contributed by atoms with Gasteiger partial charge in [0, 0.05) is 38.2 Å². The van der Waals surface area contributed by atoms with Crippen LogP contribution in [0.1, 0.15) is 60.2 Å². The van der Waals surface area contributed by atoms with E-state index >= 15 is 0 Å². The smallest absolute Gasteiger partial charge is 0.0945 e. The molecule has 0 unspecified atom stereocenters. The summed E-state index contributed by atoms with van der Waals surface area (Å²) < 4.78 is 5.94. The monoisotopic (exact) mass is 382 g/mol. The van der Waals surface area contributed by atoms with E-state index in [1.165, 1.54) is 23.1 Å². The summed E-state index contributed by atoms with van der Waals surface area (Å²) >= 11 is 0. The highest BCUT2D eigenvalue weighted by molar-refractivity contribution is 5.29. The Balaban J connectivity index is 1.81. The van der Waals surface area contributed by atoms with Gasteiger partial charge in [-0.25, -0.2) is 0 Å². The van der Waals surface area contributed by atoms with Gasteiger partial charge in [0.1, 0.15) is 0 Å². The minimum absolute atomic E-state index is 0.148. The maximum absolute atomic E-state index is 5.94. The summed E-state index contributed by atoms with van der Waals surface area (Å²) in [6.07, 6.45) is 9.35. The van der Waals surface area contributed by atoms with E-state index in [0.29, 0.717) is 0 Å². The van der Waals surface area contributed by atoms with Gasteiger partial charge in [-0.15, -0.1) is 0 Å². The van der Waals surface area contributed by atoms with Crippen LogP contribution >= 0.6 is 0 Å². The molecule has 0 spiro atoms. The standard InChI is InChI=1S/C23H34N4O/c1-18-14-19(2)21(26-15-18)16-27(13-5-4-11-24)17-22-20(8-6-12-25-22)23(28-3)9-7-10-23/h6,8,12,14-15H,4-5,7,9-11,13,16-17,24H2,1-3H3. The fourth-order valence-electron chi connectivity index (χ4n) is 4.09. The van der Waals surface area contributed by atoms with Crippen LogP contribution in [0, 0.1) is 13.8 Å². The number of hydrogen-bond acceptors (Lipinski definition) is 5. The molecule has 5 nitrogen and oxygen atoms in total. The van der Waals surface area contributed by atoms with Crippen LogP contribution in [0.2, 0.25) is 0 Å². The van der Waals surface area contributed by atoms with Crippen molar-refractivity contribution < 1.29 is 4.74 Å². The van der Waals surface area contributed by atoms with Crippen molar-refractivity contribution in [3.63, 3.8) is 0 Å². The number of unbranched alkanes of at least 4 members (excludes halogenated alkanes) is 1. The molecule has 1 saturated carbocycles. The molecule has 0 atom stereocenters. The van der Waals surface area contributed by atoms with E-state index in [-0.39, 0.29) is 5.60 Å². The molecular formula is C23H34N4O. The summed E-state index contributed by atoms with van der Waals surface area (Å²) in [6.45, 7) is 7.59. The molecule has 0 bridgehead atoms. The molecule has 0 amide bonds. The van der Waals surface area contributed by atoms with Crippen molar-refractivity contribution in [2.45, 2.75) is 64.6 Å². The molecule has 0 aliphatic heterocycles. The highest BCUT2D eigenvalue weighted by Crippen LogP contribution is 2.45. The van der Waals surface area contributed by atoms with Crippen LogP contribution in [0.15, 0.2) is 30.6 Å². The van der Waals surface area contributed by atoms with Crippen molar-refractivity contribution in [3.8, 4) is 0 Å².